The van der Waals surface area contributed by atoms with Gasteiger partial charge in [0.25, 0.3) is 0 Å². The minimum absolute atomic E-state index is 0.0901. The second kappa shape index (κ2) is 6.04. The topological polar surface area (TPSA) is 57.3 Å². The largest absolute Gasteiger partial charge is 0.368 e. The highest BCUT2D eigenvalue weighted by molar-refractivity contribution is 5.91. The van der Waals surface area contributed by atoms with Crippen LogP contribution in [0.3, 0.4) is 0 Å². The molecule has 19 heavy (non-hydrogen) atoms. The Bertz CT molecular complexity index is 563. The van der Waals surface area contributed by atoms with Crippen molar-refractivity contribution in [3.05, 3.63) is 36.5 Å². The van der Waals surface area contributed by atoms with Gasteiger partial charge in [-0.3, -0.25) is 0 Å². The number of urea groups is 1. The Morgan fingerprint density at radius 1 is 1.21 bits per heavy atom. The van der Waals surface area contributed by atoms with Crippen LogP contribution in [0, 0.1) is 0 Å². The highest BCUT2D eigenvalue weighted by Crippen LogP contribution is 2.19. The molecular formula is C14H18N4O. The van der Waals surface area contributed by atoms with Crippen LogP contribution in [0.2, 0.25) is 0 Å². The number of pyridine rings is 1. The molecule has 0 fully saturated rings. The Morgan fingerprint density at radius 3 is 2.79 bits per heavy atom. The summed E-state index contributed by atoms with van der Waals surface area (Å²) in [6, 6.07) is 9.97. The molecule has 100 valence electrons. The molecular weight excluding hydrogens is 240 g/mol. The zero-order chi connectivity index (χ0) is 13.7. The van der Waals surface area contributed by atoms with Crippen molar-refractivity contribution in [3.63, 3.8) is 0 Å². The van der Waals surface area contributed by atoms with Crippen molar-refractivity contribution in [2.45, 2.75) is 0 Å². The Morgan fingerprint density at radius 2 is 2.00 bits per heavy atom. The first-order valence-electron chi connectivity index (χ1n) is 6.21. The SMILES string of the molecule is CN(C)C(=O)NCCNc1nccc2ccccc12. The first-order valence-corrected chi connectivity index (χ1v) is 6.21. The average molecular weight is 258 g/mol. The van der Waals surface area contributed by atoms with E-state index in [4.69, 9.17) is 0 Å². The third kappa shape index (κ3) is 3.34. The fourth-order valence-corrected chi connectivity index (χ4v) is 1.77. The number of aromatic nitrogens is 1. The number of benzene rings is 1. The summed E-state index contributed by atoms with van der Waals surface area (Å²) in [5, 5.41) is 8.27. The van der Waals surface area contributed by atoms with Crippen LogP contribution in [-0.2, 0) is 0 Å². The number of anilines is 1. The van der Waals surface area contributed by atoms with Crippen LogP contribution in [0.15, 0.2) is 36.5 Å². The van der Waals surface area contributed by atoms with E-state index in [1.54, 1.807) is 20.3 Å². The number of nitrogens with zero attached hydrogens (tertiary/aromatic N) is 2. The molecule has 2 rings (SSSR count). The molecule has 0 bridgehead atoms. The zero-order valence-corrected chi connectivity index (χ0v) is 11.2. The molecule has 1 heterocycles. The van der Waals surface area contributed by atoms with Crippen LogP contribution in [0.4, 0.5) is 10.6 Å². The predicted molar refractivity (Wildman–Crippen MR) is 77.3 cm³/mol. The summed E-state index contributed by atoms with van der Waals surface area (Å²) in [6.07, 6.45) is 1.78. The minimum Gasteiger partial charge on any atom is -0.368 e. The molecule has 0 saturated heterocycles. The van der Waals surface area contributed by atoms with E-state index in [1.807, 2.05) is 24.3 Å². The van der Waals surface area contributed by atoms with Gasteiger partial charge in [-0.25, -0.2) is 9.78 Å². The first kappa shape index (κ1) is 13.1. The lowest BCUT2D eigenvalue weighted by atomic mass is 10.1. The van der Waals surface area contributed by atoms with Crippen molar-refractivity contribution in [1.29, 1.82) is 0 Å². The van der Waals surface area contributed by atoms with Crippen LogP contribution in [-0.4, -0.2) is 43.1 Å². The molecule has 0 atom stereocenters. The maximum atomic E-state index is 11.3. The smallest absolute Gasteiger partial charge is 0.316 e. The number of hydrogen-bond donors (Lipinski definition) is 2. The normalized spacial score (nSPS) is 10.2. The standard InChI is InChI=1S/C14H18N4O/c1-18(2)14(19)17-10-9-16-13-12-6-4-3-5-11(12)7-8-15-13/h3-8H,9-10H2,1-2H3,(H,15,16)(H,17,19). The summed E-state index contributed by atoms with van der Waals surface area (Å²) in [7, 11) is 3.43. The van der Waals surface area contributed by atoms with E-state index in [1.165, 1.54) is 4.90 Å². The van der Waals surface area contributed by atoms with Crippen LogP contribution in [0.25, 0.3) is 10.8 Å². The second-order valence-corrected chi connectivity index (χ2v) is 4.43. The Labute approximate surface area is 112 Å². The van der Waals surface area contributed by atoms with Gasteiger partial charge in [-0.15, -0.1) is 0 Å². The lowest BCUT2D eigenvalue weighted by Gasteiger charge is -2.13. The van der Waals surface area contributed by atoms with Crippen molar-refractivity contribution < 1.29 is 4.79 Å². The van der Waals surface area contributed by atoms with Crippen LogP contribution < -0.4 is 10.6 Å². The van der Waals surface area contributed by atoms with Crippen LogP contribution in [0.1, 0.15) is 0 Å². The number of fused-ring (bicyclic) bond motifs is 1. The first-order chi connectivity index (χ1) is 9.18. The number of rotatable bonds is 4. The predicted octanol–water partition coefficient (Wildman–Crippen LogP) is 1.92. The number of hydrogen-bond acceptors (Lipinski definition) is 3. The van der Waals surface area contributed by atoms with Gasteiger partial charge in [0.2, 0.25) is 0 Å². The number of nitrogens with one attached hydrogen (secondary N) is 2. The molecule has 0 radical (unpaired) electrons. The van der Waals surface area contributed by atoms with Gasteiger partial charge in [0.1, 0.15) is 5.82 Å². The second-order valence-electron chi connectivity index (χ2n) is 4.43. The maximum absolute atomic E-state index is 11.3. The van der Waals surface area contributed by atoms with Crippen LogP contribution >= 0.6 is 0 Å². The van der Waals surface area contributed by atoms with Crippen molar-refractivity contribution in [2.24, 2.45) is 0 Å². The highest BCUT2D eigenvalue weighted by Gasteiger charge is 2.03. The van der Waals surface area contributed by atoms with E-state index in [9.17, 15) is 4.79 Å². The number of amides is 2. The summed E-state index contributed by atoms with van der Waals surface area (Å²) in [4.78, 5) is 17.2. The fourth-order valence-electron chi connectivity index (χ4n) is 1.77. The zero-order valence-electron chi connectivity index (χ0n) is 11.2. The number of carbonyl (C=O) groups is 1. The van der Waals surface area contributed by atoms with Gasteiger partial charge in [0.15, 0.2) is 0 Å². The summed E-state index contributed by atoms with van der Waals surface area (Å²) < 4.78 is 0. The fraction of sp³-hybridized carbons (Fsp3) is 0.286. The van der Waals surface area contributed by atoms with Gasteiger partial charge in [-0.05, 0) is 11.5 Å². The summed E-state index contributed by atoms with van der Waals surface area (Å²) in [5.41, 5.74) is 0. The molecule has 2 N–H and O–H groups in total. The summed E-state index contributed by atoms with van der Waals surface area (Å²) >= 11 is 0. The van der Waals surface area contributed by atoms with E-state index >= 15 is 0 Å². The Balaban J connectivity index is 1.93. The quantitative estimate of drug-likeness (QED) is 0.824. The van der Waals surface area contributed by atoms with Gasteiger partial charge in [-0.1, -0.05) is 24.3 Å². The Kier molecular flexibility index (Phi) is 4.18. The van der Waals surface area contributed by atoms with Gasteiger partial charge in [0, 0.05) is 38.8 Å². The van der Waals surface area contributed by atoms with Crippen LogP contribution in [0.5, 0.6) is 0 Å². The Hall–Kier alpha value is -2.30. The van der Waals surface area contributed by atoms with Crippen molar-refractivity contribution in [2.75, 3.05) is 32.5 Å². The third-order valence-corrected chi connectivity index (χ3v) is 2.77. The van der Waals surface area contributed by atoms with E-state index in [0.717, 1.165) is 16.6 Å². The van der Waals surface area contributed by atoms with Gasteiger partial charge >= 0.3 is 6.03 Å². The van der Waals surface area contributed by atoms with Crippen molar-refractivity contribution >= 4 is 22.6 Å². The van der Waals surface area contributed by atoms with E-state index in [0.29, 0.717) is 13.1 Å². The number of carbonyl (C=O) groups excluding carboxylic acids is 1. The molecule has 0 aliphatic rings. The van der Waals surface area contributed by atoms with E-state index in [2.05, 4.69) is 21.7 Å². The molecule has 0 aliphatic carbocycles. The molecule has 2 amide bonds. The van der Waals surface area contributed by atoms with Gasteiger partial charge < -0.3 is 15.5 Å². The maximum Gasteiger partial charge on any atom is 0.316 e. The van der Waals surface area contributed by atoms with Crippen molar-refractivity contribution in [3.8, 4) is 0 Å². The third-order valence-electron chi connectivity index (χ3n) is 2.77. The lowest BCUT2D eigenvalue weighted by molar-refractivity contribution is 0.218. The molecule has 5 heteroatoms. The molecule has 0 aliphatic heterocycles. The van der Waals surface area contributed by atoms with E-state index in [-0.39, 0.29) is 6.03 Å². The van der Waals surface area contributed by atoms with Crippen molar-refractivity contribution in [1.82, 2.24) is 15.2 Å². The lowest BCUT2D eigenvalue weighted by Crippen LogP contribution is -2.37. The highest BCUT2D eigenvalue weighted by atomic mass is 16.2. The molecule has 0 unspecified atom stereocenters. The molecule has 1 aromatic heterocycles. The average Bonchev–Trinajstić information content (AvgIpc) is 2.43. The summed E-state index contributed by atoms with van der Waals surface area (Å²) in [5.74, 6) is 0.845. The minimum atomic E-state index is -0.0901. The molecule has 5 nitrogen and oxygen atoms in total. The summed E-state index contributed by atoms with van der Waals surface area (Å²) in [6.45, 7) is 1.20. The monoisotopic (exact) mass is 258 g/mol. The molecule has 0 saturated carbocycles. The molecule has 1 aromatic carbocycles. The van der Waals surface area contributed by atoms with E-state index < -0.39 is 0 Å². The molecule has 2 aromatic rings. The van der Waals surface area contributed by atoms with Gasteiger partial charge in [0.05, 0.1) is 0 Å². The molecule has 0 spiro atoms. The van der Waals surface area contributed by atoms with Gasteiger partial charge in [-0.2, -0.15) is 0 Å².